The second kappa shape index (κ2) is 10.9. The Labute approximate surface area is 203 Å². The molecule has 0 N–H and O–H groups in total. The van der Waals surface area contributed by atoms with E-state index in [1.165, 1.54) is 4.68 Å². The van der Waals surface area contributed by atoms with Crippen molar-refractivity contribution in [2.24, 2.45) is 5.10 Å². The molecule has 0 aliphatic heterocycles. The molecule has 8 heteroatoms. The highest BCUT2D eigenvalue weighted by atomic mass is 127. The van der Waals surface area contributed by atoms with Crippen LogP contribution >= 0.6 is 38.5 Å². The fourth-order valence-electron chi connectivity index (χ4n) is 3.03. The number of ether oxygens (including phenoxy) is 2. The highest BCUT2D eigenvalue weighted by molar-refractivity contribution is 14.1. The molecule has 162 valence electrons. The zero-order valence-electron chi connectivity index (χ0n) is 17.4. The van der Waals surface area contributed by atoms with Gasteiger partial charge in [-0.05, 0) is 71.8 Å². The van der Waals surface area contributed by atoms with Gasteiger partial charge in [-0.15, -0.1) is 0 Å². The number of hydrogen-bond acceptors (Lipinski definition) is 5. The summed E-state index contributed by atoms with van der Waals surface area (Å²) in [5.74, 6) is 1.92. The van der Waals surface area contributed by atoms with Gasteiger partial charge in [0.15, 0.2) is 11.5 Å². The quantitative estimate of drug-likeness (QED) is 0.184. The van der Waals surface area contributed by atoms with Gasteiger partial charge in [-0.2, -0.15) is 9.78 Å². The monoisotopic (exact) mass is 595 g/mol. The lowest BCUT2D eigenvalue weighted by atomic mass is 10.2. The van der Waals surface area contributed by atoms with Crippen LogP contribution in [0.2, 0.25) is 0 Å². The van der Waals surface area contributed by atoms with E-state index in [0.717, 1.165) is 20.0 Å². The average molecular weight is 596 g/mol. The minimum absolute atomic E-state index is 0.198. The molecule has 0 saturated carbocycles. The number of halogens is 2. The lowest BCUT2D eigenvalue weighted by Crippen LogP contribution is -2.22. The van der Waals surface area contributed by atoms with Gasteiger partial charge in [0.05, 0.1) is 27.3 Å². The zero-order chi connectivity index (χ0) is 22.4. The predicted molar refractivity (Wildman–Crippen MR) is 137 cm³/mol. The summed E-state index contributed by atoms with van der Waals surface area (Å²) in [5.41, 5.74) is 1.26. The molecule has 0 fully saturated rings. The lowest BCUT2D eigenvalue weighted by Gasteiger charge is -2.13. The summed E-state index contributed by atoms with van der Waals surface area (Å²) in [6.45, 7) is 8.54. The van der Waals surface area contributed by atoms with E-state index >= 15 is 0 Å². The molecular weight excluding hydrogens is 573 g/mol. The first kappa shape index (κ1) is 23.5. The van der Waals surface area contributed by atoms with Crippen molar-refractivity contribution in [3.05, 3.63) is 72.8 Å². The van der Waals surface area contributed by atoms with Crippen molar-refractivity contribution in [1.29, 1.82) is 0 Å². The van der Waals surface area contributed by atoms with E-state index in [0.29, 0.717) is 47.9 Å². The molecule has 0 atom stereocenters. The van der Waals surface area contributed by atoms with Crippen molar-refractivity contribution in [1.82, 2.24) is 9.66 Å². The fraction of sp³-hybridized carbons (Fsp3) is 0.261. The van der Waals surface area contributed by atoms with Gasteiger partial charge in [0, 0.05) is 10.9 Å². The summed E-state index contributed by atoms with van der Waals surface area (Å²) in [4.78, 5) is 17.8. The number of nitrogens with zero attached hydrogens (tertiary/aromatic N) is 3. The van der Waals surface area contributed by atoms with Crippen LogP contribution in [-0.2, 0) is 6.42 Å². The van der Waals surface area contributed by atoms with Crippen molar-refractivity contribution in [2.75, 3.05) is 13.2 Å². The van der Waals surface area contributed by atoms with E-state index in [1.54, 1.807) is 18.4 Å². The van der Waals surface area contributed by atoms with Crippen molar-refractivity contribution < 1.29 is 9.47 Å². The summed E-state index contributed by atoms with van der Waals surface area (Å²) in [6, 6.07) is 9.27. The maximum Gasteiger partial charge on any atom is 0.282 e. The summed E-state index contributed by atoms with van der Waals surface area (Å²) in [7, 11) is 0. The SMILES string of the molecule is C=CCOc1c(I)cc(C=Nn2c(CCC)nc3ccc(Br)cc3c2=O)cc1OCC. The van der Waals surface area contributed by atoms with Crippen LogP contribution in [-0.4, -0.2) is 29.1 Å². The molecule has 0 bridgehead atoms. The second-order valence-electron chi connectivity index (χ2n) is 6.66. The minimum atomic E-state index is -0.198. The summed E-state index contributed by atoms with van der Waals surface area (Å²) >= 11 is 5.62. The van der Waals surface area contributed by atoms with E-state index in [9.17, 15) is 4.79 Å². The summed E-state index contributed by atoms with van der Waals surface area (Å²) in [6.07, 6.45) is 4.84. The molecule has 0 aliphatic carbocycles. The largest absolute Gasteiger partial charge is 0.490 e. The van der Waals surface area contributed by atoms with Crippen molar-refractivity contribution in [3.8, 4) is 11.5 Å². The van der Waals surface area contributed by atoms with Gasteiger partial charge >= 0.3 is 0 Å². The lowest BCUT2D eigenvalue weighted by molar-refractivity contribution is 0.295. The standard InChI is InChI=1S/C23H23BrIN3O3/c1-4-7-21-27-19-9-8-16(24)13-17(19)23(29)28(21)26-14-15-11-18(25)22(31-10-5-2)20(12-15)30-6-3/h5,8-9,11-14H,2,4,6-7,10H2,1,3H3. The first-order valence-electron chi connectivity index (χ1n) is 9.94. The molecule has 2 aromatic carbocycles. The molecule has 3 aromatic rings. The number of rotatable bonds is 9. The Morgan fingerprint density at radius 2 is 2.06 bits per heavy atom. The molecule has 1 aromatic heterocycles. The molecule has 3 rings (SSSR count). The maximum absolute atomic E-state index is 13.1. The third-order valence-electron chi connectivity index (χ3n) is 4.35. The Bertz CT molecular complexity index is 1190. The molecule has 0 spiro atoms. The van der Waals surface area contributed by atoms with E-state index < -0.39 is 0 Å². The first-order valence-corrected chi connectivity index (χ1v) is 11.8. The Morgan fingerprint density at radius 1 is 1.26 bits per heavy atom. The Kier molecular flexibility index (Phi) is 8.25. The third-order valence-corrected chi connectivity index (χ3v) is 5.64. The van der Waals surface area contributed by atoms with Gasteiger partial charge < -0.3 is 9.47 Å². The van der Waals surface area contributed by atoms with Gasteiger partial charge in [-0.3, -0.25) is 4.79 Å². The topological polar surface area (TPSA) is 65.7 Å². The van der Waals surface area contributed by atoms with Crippen LogP contribution in [0.25, 0.3) is 10.9 Å². The van der Waals surface area contributed by atoms with Crippen LogP contribution in [0.1, 0.15) is 31.7 Å². The molecule has 0 radical (unpaired) electrons. The van der Waals surface area contributed by atoms with Crippen molar-refractivity contribution in [2.45, 2.75) is 26.7 Å². The maximum atomic E-state index is 13.1. The van der Waals surface area contributed by atoms with Crippen LogP contribution in [0.5, 0.6) is 11.5 Å². The van der Waals surface area contributed by atoms with Gasteiger partial charge in [-0.25, -0.2) is 4.98 Å². The molecule has 0 unspecified atom stereocenters. The molecule has 0 saturated heterocycles. The van der Waals surface area contributed by atoms with Crippen LogP contribution in [0, 0.1) is 3.57 Å². The van der Waals surface area contributed by atoms with Gasteiger partial charge in [0.25, 0.3) is 5.56 Å². The van der Waals surface area contributed by atoms with Crippen LogP contribution in [0.15, 0.2) is 57.4 Å². The predicted octanol–water partition coefficient (Wildman–Crippen LogP) is 5.56. The van der Waals surface area contributed by atoms with Gasteiger partial charge in [0.2, 0.25) is 0 Å². The fourth-order valence-corrected chi connectivity index (χ4v) is 4.17. The zero-order valence-corrected chi connectivity index (χ0v) is 21.1. The Balaban J connectivity index is 2.08. The normalized spacial score (nSPS) is 11.2. The number of fused-ring (bicyclic) bond motifs is 1. The van der Waals surface area contributed by atoms with Crippen LogP contribution in [0.3, 0.4) is 0 Å². The number of aromatic nitrogens is 2. The van der Waals surface area contributed by atoms with Gasteiger partial charge in [0.1, 0.15) is 12.4 Å². The molecule has 6 nitrogen and oxygen atoms in total. The highest BCUT2D eigenvalue weighted by Gasteiger charge is 2.13. The Hall–Kier alpha value is -2.20. The number of aryl methyl sites for hydroxylation is 1. The van der Waals surface area contributed by atoms with Crippen molar-refractivity contribution in [3.63, 3.8) is 0 Å². The summed E-state index contributed by atoms with van der Waals surface area (Å²) < 4.78 is 14.6. The number of benzene rings is 2. The molecular formula is C23H23BrIN3O3. The molecule has 31 heavy (non-hydrogen) atoms. The van der Waals surface area contributed by atoms with Crippen LogP contribution < -0.4 is 15.0 Å². The smallest absolute Gasteiger partial charge is 0.282 e. The Morgan fingerprint density at radius 3 is 2.77 bits per heavy atom. The van der Waals surface area contributed by atoms with E-state index in [1.807, 2.05) is 38.1 Å². The van der Waals surface area contributed by atoms with Crippen LogP contribution in [0.4, 0.5) is 0 Å². The van der Waals surface area contributed by atoms with E-state index in [2.05, 4.69) is 55.2 Å². The van der Waals surface area contributed by atoms with E-state index in [4.69, 9.17) is 9.47 Å². The number of hydrogen-bond donors (Lipinski definition) is 0. The molecule has 0 aliphatic rings. The van der Waals surface area contributed by atoms with Gasteiger partial charge in [-0.1, -0.05) is 35.5 Å². The summed E-state index contributed by atoms with van der Waals surface area (Å²) in [5, 5.41) is 5.01. The van der Waals surface area contributed by atoms with E-state index in [-0.39, 0.29) is 5.56 Å². The third kappa shape index (κ3) is 5.54. The average Bonchev–Trinajstić information content (AvgIpc) is 2.74. The first-order chi connectivity index (χ1) is 15.0. The molecule has 0 amide bonds. The second-order valence-corrected chi connectivity index (χ2v) is 8.74. The molecule has 1 heterocycles. The highest BCUT2D eigenvalue weighted by Crippen LogP contribution is 2.34. The minimum Gasteiger partial charge on any atom is -0.490 e. The van der Waals surface area contributed by atoms with Crippen molar-refractivity contribution >= 4 is 55.6 Å².